The molecule has 130 valence electrons. The maximum absolute atomic E-state index is 13.2. The lowest BCUT2D eigenvalue weighted by molar-refractivity contribution is 0.146. The molecule has 0 radical (unpaired) electrons. The van der Waals surface area contributed by atoms with Gasteiger partial charge in [0.05, 0.1) is 11.5 Å². The Hall–Kier alpha value is -1.67. The molecule has 0 fully saturated rings. The number of sulfonamides is 1. The van der Waals surface area contributed by atoms with Gasteiger partial charge in [0.25, 0.3) is 0 Å². The van der Waals surface area contributed by atoms with Gasteiger partial charge in [-0.05, 0) is 37.5 Å². The van der Waals surface area contributed by atoms with Crippen molar-refractivity contribution in [2.75, 3.05) is 13.2 Å². The molecule has 1 aromatic rings. The van der Waals surface area contributed by atoms with Crippen molar-refractivity contribution in [1.82, 2.24) is 10.0 Å². The van der Waals surface area contributed by atoms with Gasteiger partial charge in [0.1, 0.15) is 5.82 Å². The average molecular weight is 346 g/mol. The standard InChI is InChI=1S/C15H23FN2O4S/c1-4-22-15(19)18-13(8-11(2)3)10-17-23(20,21)14-7-5-6-12(16)9-14/h5-7,9,11,13,17H,4,8,10H2,1-3H3,(H,18,19). The van der Waals surface area contributed by atoms with E-state index in [1.165, 1.54) is 18.2 Å². The Labute approximate surface area is 136 Å². The third kappa shape index (κ3) is 6.96. The first kappa shape index (κ1) is 19.4. The molecule has 6 nitrogen and oxygen atoms in total. The fourth-order valence-corrected chi connectivity index (χ4v) is 3.14. The van der Waals surface area contributed by atoms with E-state index in [9.17, 15) is 17.6 Å². The highest BCUT2D eigenvalue weighted by molar-refractivity contribution is 7.89. The number of rotatable bonds is 8. The Kier molecular flexibility index (Phi) is 7.44. The highest BCUT2D eigenvalue weighted by Gasteiger charge is 2.20. The van der Waals surface area contributed by atoms with Crippen molar-refractivity contribution in [3.63, 3.8) is 0 Å². The summed E-state index contributed by atoms with van der Waals surface area (Å²) >= 11 is 0. The molecular weight excluding hydrogens is 323 g/mol. The fraction of sp³-hybridized carbons (Fsp3) is 0.533. The fourth-order valence-electron chi connectivity index (χ4n) is 2.03. The van der Waals surface area contributed by atoms with Crippen LogP contribution in [0.25, 0.3) is 0 Å². The Balaban J connectivity index is 2.74. The van der Waals surface area contributed by atoms with Gasteiger partial charge >= 0.3 is 6.09 Å². The molecule has 2 N–H and O–H groups in total. The highest BCUT2D eigenvalue weighted by Crippen LogP contribution is 2.11. The number of nitrogens with one attached hydrogen (secondary N) is 2. The van der Waals surface area contributed by atoms with Gasteiger partial charge in [-0.3, -0.25) is 0 Å². The molecule has 0 aromatic heterocycles. The summed E-state index contributed by atoms with van der Waals surface area (Å²) in [5, 5.41) is 2.62. The van der Waals surface area contributed by atoms with Crippen LogP contribution in [0.3, 0.4) is 0 Å². The second kappa shape index (κ2) is 8.83. The molecule has 8 heteroatoms. The van der Waals surface area contributed by atoms with Crippen molar-refractivity contribution >= 4 is 16.1 Å². The second-order valence-electron chi connectivity index (χ2n) is 5.50. The van der Waals surface area contributed by atoms with Crippen LogP contribution in [0.4, 0.5) is 9.18 Å². The van der Waals surface area contributed by atoms with Crippen molar-refractivity contribution < 1.29 is 22.3 Å². The maximum Gasteiger partial charge on any atom is 0.407 e. The molecule has 0 saturated heterocycles. The summed E-state index contributed by atoms with van der Waals surface area (Å²) in [4.78, 5) is 11.4. The normalized spacial score (nSPS) is 12.9. The Morgan fingerprint density at radius 3 is 2.61 bits per heavy atom. The number of hydrogen-bond donors (Lipinski definition) is 2. The summed E-state index contributed by atoms with van der Waals surface area (Å²) in [5.41, 5.74) is 0. The van der Waals surface area contributed by atoms with Crippen molar-refractivity contribution in [2.24, 2.45) is 5.92 Å². The number of amides is 1. The van der Waals surface area contributed by atoms with Crippen molar-refractivity contribution in [3.05, 3.63) is 30.1 Å². The number of carbonyl (C=O) groups is 1. The largest absolute Gasteiger partial charge is 0.450 e. The van der Waals surface area contributed by atoms with Crippen molar-refractivity contribution in [1.29, 1.82) is 0 Å². The highest BCUT2D eigenvalue weighted by atomic mass is 32.2. The van der Waals surface area contributed by atoms with Crippen LogP contribution in [0, 0.1) is 11.7 Å². The smallest absolute Gasteiger partial charge is 0.407 e. The van der Waals surface area contributed by atoms with Gasteiger partial charge in [-0.2, -0.15) is 0 Å². The lowest BCUT2D eigenvalue weighted by atomic mass is 10.0. The summed E-state index contributed by atoms with van der Waals surface area (Å²) in [7, 11) is -3.84. The molecular formula is C15H23FN2O4S. The van der Waals surface area contributed by atoms with Crippen LogP contribution in [0.15, 0.2) is 29.2 Å². The molecule has 0 aliphatic carbocycles. The quantitative estimate of drug-likeness (QED) is 0.756. The van der Waals surface area contributed by atoms with Crippen LogP contribution in [0.2, 0.25) is 0 Å². The predicted molar refractivity (Wildman–Crippen MR) is 85.0 cm³/mol. The zero-order valence-electron chi connectivity index (χ0n) is 13.5. The number of ether oxygens (including phenoxy) is 1. The summed E-state index contributed by atoms with van der Waals surface area (Å²) < 4.78 is 44.7. The van der Waals surface area contributed by atoms with Gasteiger partial charge in [0, 0.05) is 12.6 Å². The van der Waals surface area contributed by atoms with E-state index in [0.29, 0.717) is 6.42 Å². The number of benzene rings is 1. The summed E-state index contributed by atoms with van der Waals surface area (Å²) in [6.07, 6.45) is -0.0205. The van der Waals surface area contributed by atoms with E-state index in [-0.39, 0.29) is 24.0 Å². The summed E-state index contributed by atoms with van der Waals surface area (Å²) in [6.45, 7) is 5.83. The molecule has 0 aliphatic heterocycles. The van der Waals surface area contributed by atoms with Crippen LogP contribution in [0.1, 0.15) is 27.2 Å². The van der Waals surface area contributed by atoms with E-state index in [2.05, 4.69) is 10.0 Å². The Morgan fingerprint density at radius 1 is 1.35 bits per heavy atom. The van der Waals surface area contributed by atoms with Crippen molar-refractivity contribution in [3.8, 4) is 0 Å². The minimum Gasteiger partial charge on any atom is -0.450 e. The minimum absolute atomic E-state index is 0.00413. The Morgan fingerprint density at radius 2 is 2.04 bits per heavy atom. The lowest BCUT2D eigenvalue weighted by Gasteiger charge is -2.20. The van der Waals surface area contributed by atoms with E-state index < -0.39 is 28.0 Å². The first-order valence-electron chi connectivity index (χ1n) is 7.43. The van der Waals surface area contributed by atoms with Crippen LogP contribution >= 0.6 is 0 Å². The molecule has 1 atom stereocenters. The van der Waals surface area contributed by atoms with Gasteiger partial charge in [-0.1, -0.05) is 19.9 Å². The third-order valence-electron chi connectivity index (χ3n) is 2.98. The number of halogens is 1. The number of alkyl carbamates (subject to hydrolysis) is 1. The minimum atomic E-state index is -3.84. The van der Waals surface area contributed by atoms with Crippen LogP contribution in [0.5, 0.6) is 0 Å². The molecule has 0 bridgehead atoms. The van der Waals surface area contributed by atoms with Crippen LogP contribution < -0.4 is 10.0 Å². The average Bonchev–Trinajstić information content (AvgIpc) is 2.44. The monoisotopic (exact) mass is 346 g/mol. The van der Waals surface area contributed by atoms with Gasteiger partial charge < -0.3 is 10.1 Å². The van der Waals surface area contributed by atoms with E-state index in [1.54, 1.807) is 6.92 Å². The molecule has 1 rings (SSSR count). The van der Waals surface area contributed by atoms with Gasteiger partial charge in [-0.15, -0.1) is 0 Å². The zero-order valence-corrected chi connectivity index (χ0v) is 14.3. The summed E-state index contributed by atoms with van der Waals surface area (Å²) in [5.74, 6) is -0.378. The third-order valence-corrected chi connectivity index (χ3v) is 4.40. The maximum atomic E-state index is 13.2. The molecule has 0 saturated carbocycles. The van der Waals surface area contributed by atoms with E-state index in [4.69, 9.17) is 4.74 Å². The lowest BCUT2D eigenvalue weighted by Crippen LogP contribution is -2.44. The molecule has 0 spiro atoms. The van der Waals surface area contributed by atoms with Gasteiger partial charge in [0.2, 0.25) is 10.0 Å². The van der Waals surface area contributed by atoms with Gasteiger partial charge in [0.15, 0.2) is 0 Å². The zero-order chi connectivity index (χ0) is 17.5. The molecule has 0 aliphatic rings. The van der Waals surface area contributed by atoms with E-state index in [1.807, 2.05) is 13.8 Å². The van der Waals surface area contributed by atoms with Crippen LogP contribution in [-0.2, 0) is 14.8 Å². The second-order valence-corrected chi connectivity index (χ2v) is 7.27. The molecule has 23 heavy (non-hydrogen) atoms. The molecule has 1 aromatic carbocycles. The first-order valence-corrected chi connectivity index (χ1v) is 8.91. The van der Waals surface area contributed by atoms with Crippen molar-refractivity contribution in [2.45, 2.75) is 38.1 Å². The van der Waals surface area contributed by atoms with E-state index in [0.717, 1.165) is 6.07 Å². The SMILES string of the molecule is CCOC(=O)NC(CNS(=O)(=O)c1cccc(F)c1)CC(C)C. The van der Waals surface area contributed by atoms with Gasteiger partial charge in [-0.25, -0.2) is 22.3 Å². The number of carbonyl (C=O) groups excluding carboxylic acids is 1. The Bertz CT molecular complexity index is 620. The van der Waals surface area contributed by atoms with E-state index >= 15 is 0 Å². The predicted octanol–water partition coefficient (Wildman–Crippen LogP) is 2.26. The molecule has 1 unspecified atom stereocenters. The molecule has 0 heterocycles. The topological polar surface area (TPSA) is 84.5 Å². The summed E-state index contributed by atoms with van der Waals surface area (Å²) in [6, 6.07) is 4.33. The first-order chi connectivity index (χ1) is 10.7. The molecule has 1 amide bonds. The number of hydrogen-bond acceptors (Lipinski definition) is 4. The van der Waals surface area contributed by atoms with Crippen LogP contribution in [-0.4, -0.2) is 33.7 Å².